The van der Waals surface area contributed by atoms with E-state index in [4.69, 9.17) is 19.6 Å². The molecule has 0 radical (unpaired) electrons. The maximum absolute atomic E-state index is 11.6. The predicted molar refractivity (Wildman–Crippen MR) is 148 cm³/mol. The molecule has 0 aliphatic rings. The molecule has 174 valence electrons. The quantitative estimate of drug-likeness (QED) is 0.0525. The fourth-order valence-electron chi connectivity index (χ4n) is 1.25. The van der Waals surface area contributed by atoms with Crippen molar-refractivity contribution in [3.63, 3.8) is 0 Å². The van der Waals surface area contributed by atoms with Crippen LogP contribution in [-0.2, 0) is 19.3 Å². The Morgan fingerprint density at radius 2 is 1.41 bits per heavy atom. The summed E-state index contributed by atoms with van der Waals surface area (Å²) in [6, 6.07) is 0. The van der Waals surface area contributed by atoms with Gasteiger partial charge in [-0.15, -0.1) is 94.1 Å². The molecule has 0 unspecified atom stereocenters. The Morgan fingerprint density at radius 3 is 2.21 bits per heavy atom. The standard InChI is InChI=1S/C15H30O5S9/c1-21-10-27-13-26-8-18-15(17)6-25-12-29-14-28-11-24-3-2-19-20-9-23-5-4-22-7-16/h16H,2-14H2,1H3. The highest BCUT2D eigenvalue weighted by molar-refractivity contribution is 8.26. The molecule has 0 bridgehead atoms. The zero-order chi connectivity index (χ0) is 21.3. The number of rotatable bonds is 24. The number of hydrogen-bond acceptors (Lipinski definition) is 14. The largest absolute Gasteiger partial charge is 0.454 e. The first-order chi connectivity index (χ1) is 14.3. The van der Waals surface area contributed by atoms with Crippen LogP contribution in [0.25, 0.3) is 0 Å². The molecule has 0 aromatic heterocycles. The summed E-state index contributed by atoms with van der Waals surface area (Å²) < 4.78 is 5.18. The molecule has 1 N–H and O–H groups in total. The van der Waals surface area contributed by atoms with Crippen molar-refractivity contribution in [1.29, 1.82) is 0 Å². The Balaban J connectivity index is 3.10. The summed E-state index contributed by atoms with van der Waals surface area (Å²) in [7, 11) is 0. The average Bonchev–Trinajstić information content (AvgIpc) is 2.73. The Kier molecular flexibility index (Phi) is 31.0. The van der Waals surface area contributed by atoms with Gasteiger partial charge >= 0.3 is 5.97 Å². The molecule has 0 aliphatic carbocycles. The maximum Gasteiger partial charge on any atom is 0.316 e. The van der Waals surface area contributed by atoms with Crippen LogP contribution in [0.5, 0.6) is 0 Å². The first kappa shape index (κ1) is 31.5. The van der Waals surface area contributed by atoms with Gasteiger partial charge in [-0.2, -0.15) is 11.8 Å². The lowest BCUT2D eigenvalue weighted by Gasteiger charge is -2.05. The minimum Gasteiger partial charge on any atom is -0.454 e. The third-order valence-corrected chi connectivity index (χ3v) is 12.2. The van der Waals surface area contributed by atoms with Gasteiger partial charge in [0.2, 0.25) is 0 Å². The minimum absolute atomic E-state index is 0.120. The van der Waals surface area contributed by atoms with E-state index in [1.807, 2.05) is 58.8 Å². The fraction of sp³-hybridized carbons (Fsp3) is 0.933. The van der Waals surface area contributed by atoms with E-state index in [9.17, 15) is 4.79 Å². The van der Waals surface area contributed by atoms with Crippen molar-refractivity contribution < 1.29 is 24.4 Å². The van der Waals surface area contributed by atoms with E-state index in [2.05, 4.69) is 6.26 Å². The second kappa shape index (κ2) is 28.5. The molecule has 0 amide bonds. The van der Waals surface area contributed by atoms with Crippen LogP contribution in [0, 0.1) is 0 Å². The van der Waals surface area contributed by atoms with Gasteiger partial charge in [-0.1, -0.05) is 0 Å². The summed E-state index contributed by atoms with van der Waals surface area (Å²) in [5.74, 6) is 4.27. The Morgan fingerprint density at radius 1 is 0.724 bits per heavy atom. The van der Waals surface area contributed by atoms with Gasteiger partial charge in [0.15, 0.2) is 0 Å². The summed E-state index contributed by atoms with van der Waals surface area (Å²) in [4.78, 5) is 21.8. The highest BCUT2D eigenvalue weighted by Crippen LogP contribution is 2.21. The van der Waals surface area contributed by atoms with Crippen molar-refractivity contribution in [3.05, 3.63) is 0 Å². The molecule has 14 heteroatoms. The van der Waals surface area contributed by atoms with Crippen LogP contribution in [0.4, 0.5) is 0 Å². The molecular formula is C15H30O5S9. The smallest absolute Gasteiger partial charge is 0.316 e. The normalized spacial score (nSPS) is 11.1. The zero-order valence-corrected chi connectivity index (χ0v) is 23.8. The first-order valence-electron chi connectivity index (χ1n) is 8.43. The molecule has 0 aromatic carbocycles. The lowest BCUT2D eigenvalue weighted by atomic mass is 10.8. The van der Waals surface area contributed by atoms with Crippen molar-refractivity contribution >= 4 is 112 Å². The van der Waals surface area contributed by atoms with Crippen molar-refractivity contribution in [2.24, 2.45) is 0 Å². The lowest BCUT2D eigenvalue weighted by molar-refractivity contribution is -0.274. The van der Waals surface area contributed by atoms with Crippen LogP contribution in [0.2, 0.25) is 0 Å². The summed E-state index contributed by atoms with van der Waals surface area (Å²) >= 11 is 15.6. The molecule has 29 heavy (non-hydrogen) atoms. The van der Waals surface area contributed by atoms with Gasteiger partial charge < -0.3 is 9.84 Å². The average molecular weight is 579 g/mol. The van der Waals surface area contributed by atoms with E-state index >= 15 is 0 Å². The molecule has 0 rings (SSSR count). The number of carbonyl (C=O) groups excluding carboxylic acids is 1. The zero-order valence-electron chi connectivity index (χ0n) is 16.4. The third-order valence-electron chi connectivity index (χ3n) is 2.38. The van der Waals surface area contributed by atoms with Crippen molar-refractivity contribution in [1.82, 2.24) is 0 Å². The van der Waals surface area contributed by atoms with Crippen molar-refractivity contribution in [2.75, 3.05) is 79.1 Å². The molecule has 5 nitrogen and oxygen atoms in total. The molecule has 0 saturated carbocycles. The van der Waals surface area contributed by atoms with Gasteiger partial charge in [-0.05, 0) is 6.26 Å². The van der Waals surface area contributed by atoms with Gasteiger partial charge in [-0.25, -0.2) is 9.78 Å². The van der Waals surface area contributed by atoms with Crippen molar-refractivity contribution in [2.45, 2.75) is 0 Å². The topological polar surface area (TPSA) is 65.0 Å². The summed E-state index contributed by atoms with van der Waals surface area (Å²) in [5, 5.41) is 13.6. The number of thioether (sulfide) groups is 9. The van der Waals surface area contributed by atoms with E-state index in [0.717, 1.165) is 42.7 Å². The molecule has 0 heterocycles. The van der Waals surface area contributed by atoms with E-state index < -0.39 is 0 Å². The van der Waals surface area contributed by atoms with Crippen LogP contribution < -0.4 is 0 Å². The van der Waals surface area contributed by atoms with E-state index in [-0.39, 0.29) is 11.9 Å². The highest BCUT2D eigenvalue weighted by atomic mass is 32.3. The molecule has 0 fully saturated rings. The fourth-order valence-corrected chi connectivity index (χ4v) is 9.51. The number of ether oxygens (including phenoxy) is 1. The van der Waals surface area contributed by atoms with Crippen LogP contribution in [-0.4, -0.2) is 90.2 Å². The monoisotopic (exact) mass is 578 g/mol. The molecule has 0 aliphatic heterocycles. The van der Waals surface area contributed by atoms with Gasteiger partial charge in [0.25, 0.3) is 0 Å². The van der Waals surface area contributed by atoms with E-state index in [0.29, 0.717) is 24.2 Å². The van der Waals surface area contributed by atoms with Gasteiger partial charge in [0.05, 0.1) is 18.3 Å². The van der Waals surface area contributed by atoms with Gasteiger partial charge in [0, 0.05) is 42.7 Å². The second-order valence-electron chi connectivity index (χ2n) is 4.59. The number of esters is 1. The number of aliphatic hydroxyl groups is 1. The van der Waals surface area contributed by atoms with Crippen LogP contribution >= 0.6 is 106 Å². The molecule has 0 atom stereocenters. The number of aliphatic hydroxyl groups excluding tert-OH is 1. The molecular weight excluding hydrogens is 549 g/mol. The summed E-state index contributed by atoms with van der Waals surface area (Å²) in [6.45, 7) is 0.594. The summed E-state index contributed by atoms with van der Waals surface area (Å²) in [6.07, 6.45) is 2.08. The van der Waals surface area contributed by atoms with Crippen LogP contribution in [0.3, 0.4) is 0 Å². The highest BCUT2D eigenvalue weighted by Gasteiger charge is 2.03. The Bertz CT molecular complexity index is 345. The Labute approximate surface area is 213 Å². The third kappa shape index (κ3) is 28.5. The summed E-state index contributed by atoms with van der Waals surface area (Å²) in [5.41, 5.74) is 0. The maximum atomic E-state index is 11.6. The van der Waals surface area contributed by atoms with E-state index in [1.54, 1.807) is 35.3 Å². The first-order valence-corrected chi connectivity index (χ1v) is 19.1. The second-order valence-corrected chi connectivity index (χ2v) is 15.4. The van der Waals surface area contributed by atoms with Crippen LogP contribution in [0.1, 0.15) is 0 Å². The van der Waals surface area contributed by atoms with Gasteiger partial charge in [-0.3, -0.25) is 4.79 Å². The predicted octanol–water partition coefficient (Wildman–Crippen LogP) is 5.36. The van der Waals surface area contributed by atoms with E-state index in [1.165, 1.54) is 11.8 Å². The van der Waals surface area contributed by atoms with Crippen molar-refractivity contribution in [3.8, 4) is 0 Å². The number of hydrogen-bond donors (Lipinski definition) is 1. The lowest BCUT2D eigenvalue weighted by Crippen LogP contribution is -2.07. The molecule has 0 spiro atoms. The minimum atomic E-state index is -0.120. The Hall–Kier alpha value is 2.50. The SMILES string of the molecule is CSCSCSCOC(=O)CSCSCSCSCCOOCSCCSCO. The van der Waals surface area contributed by atoms with Crippen LogP contribution in [0.15, 0.2) is 0 Å². The molecule has 0 saturated heterocycles. The number of carbonyl (C=O) groups is 1. The molecule has 0 aromatic rings. The van der Waals surface area contributed by atoms with Gasteiger partial charge in [0.1, 0.15) is 11.9 Å².